The molecule has 2 rings (SSSR count). The van der Waals surface area contributed by atoms with Crippen molar-refractivity contribution < 1.29 is 5.11 Å². The van der Waals surface area contributed by atoms with Gasteiger partial charge in [0.15, 0.2) is 0 Å². The zero-order valence-corrected chi connectivity index (χ0v) is 14.1. The van der Waals surface area contributed by atoms with Gasteiger partial charge in [-0.2, -0.15) is 0 Å². The van der Waals surface area contributed by atoms with E-state index in [2.05, 4.69) is 63.6 Å². The van der Waals surface area contributed by atoms with Crippen LogP contribution in [0.3, 0.4) is 0 Å². The first kappa shape index (κ1) is 15.7. The van der Waals surface area contributed by atoms with Gasteiger partial charge in [-0.3, -0.25) is 0 Å². The van der Waals surface area contributed by atoms with E-state index in [-0.39, 0.29) is 11.0 Å². The first-order valence-corrected chi connectivity index (χ1v) is 7.60. The Kier molecular flexibility index (Phi) is 3.96. The van der Waals surface area contributed by atoms with Gasteiger partial charge >= 0.3 is 0 Å². The van der Waals surface area contributed by atoms with Gasteiger partial charge < -0.3 is 14.9 Å². The van der Waals surface area contributed by atoms with Crippen molar-refractivity contribution in [3.05, 3.63) is 36.2 Å². The Morgan fingerprint density at radius 1 is 1.05 bits per heavy atom. The largest absolute Gasteiger partial charge is 0.506 e. The Hall–Kier alpha value is -1.64. The molecule has 0 radical (unpaired) electrons. The highest BCUT2D eigenvalue weighted by Crippen LogP contribution is 2.34. The SMILES string of the molecule is CC(C)(C)Cc1ccc(O)c(N2C=CN(C(C)(C)C)C2)c1. The van der Waals surface area contributed by atoms with Crippen LogP contribution in [-0.4, -0.2) is 22.2 Å². The molecule has 3 nitrogen and oxygen atoms in total. The predicted octanol–water partition coefficient (Wildman–Crippen LogP) is 4.33. The Bertz CT molecular complexity index is 535. The average molecular weight is 288 g/mol. The Morgan fingerprint density at radius 3 is 2.24 bits per heavy atom. The summed E-state index contributed by atoms with van der Waals surface area (Å²) < 4.78 is 0. The van der Waals surface area contributed by atoms with Crippen molar-refractivity contribution in [2.24, 2.45) is 5.41 Å². The summed E-state index contributed by atoms with van der Waals surface area (Å²) >= 11 is 0. The first-order chi connectivity index (χ1) is 9.56. The standard InChI is InChI=1S/C18H28N2O/c1-17(2,3)12-14-7-8-16(21)15(11-14)19-9-10-20(13-19)18(4,5)6/h7-11,21H,12-13H2,1-6H3. The number of phenolic OH excluding ortho intramolecular Hbond substituents is 1. The van der Waals surface area contributed by atoms with E-state index >= 15 is 0 Å². The van der Waals surface area contributed by atoms with E-state index in [0.717, 1.165) is 18.8 Å². The Labute approximate surface area is 128 Å². The Balaban J connectivity index is 2.21. The lowest BCUT2D eigenvalue weighted by Crippen LogP contribution is -2.39. The summed E-state index contributed by atoms with van der Waals surface area (Å²) in [4.78, 5) is 4.37. The molecule has 0 fully saturated rings. The molecule has 116 valence electrons. The van der Waals surface area contributed by atoms with E-state index in [0.29, 0.717) is 5.75 Å². The summed E-state index contributed by atoms with van der Waals surface area (Å²) in [5.41, 5.74) is 2.48. The molecular weight excluding hydrogens is 260 g/mol. The van der Waals surface area contributed by atoms with Crippen molar-refractivity contribution in [2.75, 3.05) is 11.6 Å². The lowest BCUT2D eigenvalue weighted by molar-refractivity contribution is 0.222. The second-order valence-electron chi connectivity index (χ2n) is 8.11. The number of phenols is 1. The summed E-state index contributed by atoms with van der Waals surface area (Å²) in [6, 6.07) is 5.94. The number of hydrogen-bond donors (Lipinski definition) is 1. The fraction of sp³-hybridized carbons (Fsp3) is 0.556. The van der Waals surface area contributed by atoms with Crippen LogP contribution in [0.15, 0.2) is 30.6 Å². The topological polar surface area (TPSA) is 26.7 Å². The van der Waals surface area contributed by atoms with E-state index in [4.69, 9.17) is 0 Å². The minimum absolute atomic E-state index is 0.0872. The van der Waals surface area contributed by atoms with Gasteiger partial charge in [0, 0.05) is 17.9 Å². The van der Waals surface area contributed by atoms with Crippen LogP contribution >= 0.6 is 0 Å². The van der Waals surface area contributed by atoms with Gasteiger partial charge in [0.1, 0.15) is 5.75 Å². The fourth-order valence-electron chi connectivity index (χ4n) is 2.53. The molecule has 1 heterocycles. The van der Waals surface area contributed by atoms with Crippen LogP contribution < -0.4 is 4.90 Å². The molecule has 0 atom stereocenters. The molecule has 0 bridgehead atoms. The third-order valence-corrected chi connectivity index (χ3v) is 3.68. The number of hydrogen-bond acceptors (Lipinski definition) is 3. The molecule has 0 saturated heterocycles. The molecule has 1 aromatic carbocycles. The van der Waals surface area contributed by atoms with Gasteiger partial charge in [0.2, 0.25) is 0 Å². The molecule has 0 amide bonds. The summed E-state index contributed by atoms with van der Waals surface area (Å²) in [5, 5.41) is 10.2. The second-order valence-corrected chi connectivity index (χ2v) is 8.11. The lowest BCUT2D eigenvalue weighted by atomic mass is 9.88. The van der Waals surface area contributed by atoms with E-state index in [9.17, 15) is 5.11 Å². The van der Waals surface area contributed by atoms with Crippen molar-refractivity contribution in [3.63, 3.8) is 0 Å². The van der Waals surface area contributed by atoms with Crippen LogP contribution in [-0.2, 0) is 6.42 Å². The summed E-state index contributed by atoms with van der Waals surface area (Å²) in [6.45, 7) is 14.0. The number of nitrogens with zero attached hydrogens (tertiary/aromatic N) is 2. The van der Waals surface area contributed by atoms with Crippen molar-refractivity contribution >= 4 is 5.69 Å². The zero-order valence-electron chi connectivity index (χ0n) is 14.1. The van der Waals surface area contributed by atoms with Crippen LogP contribution in [0.1, 0.15) is 47.1 Å². The number of benzene rings is 1. The molecule has 0 aliphatic carbocycles. The smallest absolute Gasteiger partial charge is 0.139 e. The molecule has 0 spiro atoms. The molecule has 21 heavy (non-hydrogen) atoms. The van der Waals surface area contributed by atoms with Crippen LogP contribution in [0.4, 0.5) is 5.69 Å². The van der Waals surface area contributed by atoms with Crippen molar-refractivity contribution in [1.82, 2.24) is 4.90 Å². The quantitative estimate of drug-likeness (QED) is 0.877. The maximum atomic E-state index is 10.2. The van der Waals surface area contributed by atoms with Crippen LogP contribution in [0.5, 0.6) is 5.75 Å². The molecule has 0 unspecified atom stereocenters. The van der Waals surface area contributed by atoms with E-state index in [1.54, 1.807) is 0 Å². The fourth-order valence-corrected chi connectivity index (χ4v) is 2.53. The molecule has 3 heteroatoms. The highest BCUT2D eigenvalue weighted by Gasteiger charge is 2.25. The number of anilines is 1. The van der Waals surface area contributed by atoms with Crippen molar-refractivity contribution in [1.29, 1.82) is 0 Å². The summed E-state index contributed by atoms with van der Waals surface area (Å²) in [5.74, 6) is 0.341. The molecule has 1 aliphatic rings. The van der Waals surface area contributed by atoms with E-state index in [1.165, 1.54) is 5.56 Å². The number of rotatable bonds is 2. The molecule has 1 N–H and O–H groups in total. The monoisotopic (exact) mass is 288 g/mol. The van der Waals surface area contributed by atoms with E-state index < -0.39 is 0 Å². The number of aromatic hydroxyl groups is 1. The maximum absolute atomic E-state index is 10.2. The third-order valence-electron chi connectivity index (χ3n) is 3.68. The molecule has 1 aliphatic heterocycles. The second kappa shape index (κ2) is 5.28. The van der Waals surface area contributed by atoms with Gasteiger partial charge in [0.05, 0.1) is 12.4 Å². The normalized spacial score (nSPS) is 15.9. The van der Waals surface area contributed by atoms with E-state index in [1.807, 2.05) is 18.3 Å². The van der Waals surface area contributed by atoms with Crippen molar-refractivity contribution in [2.45, 2.75) is 53.5 Å². The van der Waals surface area contributed by atoms with Crippen LogP contribution in [0.25, 0.3) is 0 Å². The van der Waals surface area contributed by atoms with Gasteiger partial charge in [-0.25, -0.2) is 0 Å². The van der Waals surface area contributed by atoms with Gasteiger partial charge in [0.25, 0.3) is 0 Å². The molecular formula is C18H28N2O. The molecule has 0 saturated carbocycles. The van der Waals surface area contributed by atoms with Gasteiger partial charge in [-0.05, 0) is 50.3 Å². The van der Waals surface area contributed by atoms with Gasteiger partial charge in [-0.1, -0.05) is 26.8 Å². The minimum atomic E-state index is 0.0872. The predicted molar refractivity (Wildman–Crippen MR) is 89.3 cm³/mol. The summed E-state index contributed by atoms with van der Waals surface area (Å²) in [6.07, 6.45) is 5.14. The molecule has 1 aromatic rings. The highest BCUT2D eigenvalue weighted by atomic mass is 16.3. The summed E-state index contributed by atoms with van der Waals surface area (Å²) in [7, 11) is 0. The van der Waals surface area contributed by atoms with Gasteiger partial charge in [-0.15, -0.1) is 0 Å². The minimum Gasteiger partial charge on any atom is -0.506 e. The maximum Gasteiger partial charge on any atom is 0.139 e. The zero-order chi connectivity index (χ0) is 15.8. The Morgan fingerprint density at radius 2 is 1.71 bits per heavy atom. The highest BCUT2D eigenvalue weighted by molar-refractivity contribution is 5.62. The van der Waals surface area contributed by atoms with Crippen LogP contribution in [0, 0.1) is 5.41 Å². The van der Waals surface area contributed by atoms with Crippen LogP contribution in [0.2, 0.25) is 0 Å². The first-order valence-electron chi connectivity index (χ1n) is 7.60. The van der Waals surface area contributed by atoms with Crippen molar-refractivity contribution in [3.8, 4) is 5.75 Å². The third kappa shape index (κ3) is 3.93. The average Bonchev–Trinajstić information content (AvgIpc) is 2.78. The molecule has 0 aromatic heterocycles. The lowest BCUT2D eigenvalue weighted by Gasteiger charge is -2.33.